The second-order valence-electron chi connectivity index (χ2n) is 7.71. The minimum absolute atomic E-state index is 0.0462. The van der Waals surface area contributed by atoms with E-state index in [1.54, 1.807) is 17.8 Å². The van der Waals surface area contributed by atoms with Crippen LogP contribution in [0.25, 0.3) is 22.3 Å². The maximum absolute atomic E-state index is 12.8. The molecule has 0 N–H and O–H groups in total. The van der Waals surface area contributed by atoms with Gasteiger partial charge in [-0.3, -0.25) is 9.48 Å². The predicted molar refractivity (Wildman–Crippen MR) is 107 cm³/mol. The van der Waals surface area contributed by atoms with E-state index in [9.17, 15) is 4.79 Å². The molecule has 4 heterocycles. The van der Waals surface area contributed by atoms with Gasteiger partial charge in [0.1, 0.15) is 11.3 Å². The van der Waals surface area contributed by atoms with Gasteiger partial charge < -0.3 is 13.7 Å². The summed E-state index contributed by atoms with van der Waals surface area (Å²) in [5.41, 5.74) is 2.40. The monoisotopic (exact) mass is 377 g/mol. The third-order valence-corrected chi connectivity index (χ3v) is 6.04. The lowest BCUT2D eigenvalue weighted by molar-refractivity contribution is -0.0286. The topological polar surface area (TPSA) is 62.2 Å². The molecule has 1 saturated heterocycles. The number of rotatable bonds is 4. The molecule has 1 fully saturated rings. The van der Waals surface area contributed by atoms with E-state index in [0.29, 0.717) is 29.9 Å². The van der Waals surface area contributed by atoms with E-state index in [1.165, 1.54) is 0 Å². The summed E-state index contributed by atoms with van der Waals surface area (Å²) in [4.78, 5) is 12.8. The average Bonchev–Trinajstić information content (AvgIpc) is 3.31. The SMILES string of the molecule is CCC1(c2cn(C)c(=O)c3cc(-c4cnn(C5COC5)c4)oc23)C=CC=CC1. The van der Waals surface area contributed by atoms with Gasteiger partial charge in [-0.25, -0.2) is 0 Å². The van der Waals surface area contributed by atoms with Crippen molar-refractivity contribution in [1.29, 1.82) is 0 Å². The molecule has 0 aromatic carbocycles. The van der Waals surface area contributed by atoms with E-state index in [-0.39, 0.29) is 17.0 Å². The van der Waals surface area contributed by atoms with Crippen molar-refractivity contribution in [2.75, 3.05) is 13.2 Å². The Balaban J connectivity index is 1.67. The highest BCUT2D eigenvalue weighted by Crippen LogP contribution is 2.40. The van der Waals surface area contributed by atoms with Gasteiger partial charge in [0.15, 0.2) is 0 Å². The molecule has 1 aliphatic heterocycles. The number of aryl methyl sites for hydroxylation is 1. The van der Waals surface area contributed by atoms with Crippen LogP contribution in [0, 0.1) is 0 Å². The van der Waals surface area contributed by atoms with Crippen molar-refractivity contribution in [1.82, 2.24) is 14.3 Å². The van der Waals surface area contributed by atoms with Gasteiger partial charge in [0.25, 0.3) is 5.56 Å². The second kappa shape index (κ2) is 6.34. The molecule has 144 valence electrons. The van der Waals surface area contributed by atoms with Crippen LogP contribution in [0.4, 0.5) is 0 Å². The highest BCUT2D eigenvalue weighted by molar-refractivity contribution is 5.85. The summed E-state index contributed by atoms with van der Waals surface area (Å²) in [7, 11) is 1.80. The standard InChI is InChI=1S/C22H23N3O3/c1-3-22(7-5-4-6-8-22)18-12-24(2)21(26)17-9-19(28-20(17)18)15-10-23-25(11-15)16-13-27-14-16/h4-7,9-12,16H,3,8,13-14H2,1-2H3. The average molecular weight is 377 g/mol. The van der Waals surface area contributed by atoms with Crippen LogP contribution in [-0.4, -0.2) is 27.6 Å². The molecule has 0 radical (unpaired) electrons. The summed E-state index contributed by atoms with van der Waals surface area (Å²) in [6, 6.07) is 2.13. The Morgan fingerprint density at radius 3 is 2.82 bits per heavy atom. The fourth-order valence-electron chi connectivity index (χ4n) is 4.11. The fraction of sp³-hybridized carbons (Fsp3) is 0.364. The van der Waals surface area contributed by atoms with Crippen molar-refractivity contribution in [3.63, 3.8) is 0 Å². The first-order chi connectivity index (χ1) is 13.6. The van der Waals surface area contributed by atoms with E-state index in [2.05, 4.69) is 36.3 Å². The Morgan fingerprint density at radius 2 is 2.14 bits per heavy atom. The molecular weight excluding hydrogens is 354 g/mol. The summed E-state index contributed by atoms with van der Waals surface area (Å²) in [6.07, 6.45) is 16.1. The molecule has 2 aliphatic rings. The van der Waals surface area contributed by atoms with Crippen molar-refractivity contribution in [2.24, 2.45) is 7.05 Å². The van der Waals surface area contributed by atoms with Gasteiger partial charge in [-0.1, -0.05) is 31.2 Å². The normalized spacial score (nSPS) is 22.1. The molecule has 3 aromatic rings. The lowest BCUT2D eigenvalue weighted by Crippen LogP contribution is -2.30. The molecule has 1 atom stereocenters. The molecule has 6 heteroatoms. The number of allylic oxidation sites excluding steroid dienone is 4. The highest BCUT2D eigenvalue weighted by Gasteiger charge is 2.32. The van der Waals surface area contributed by atoms with Gasteiger partial charge in [-0.2, -0.15) is 5.10 Å². The van der Waals surface area contributed by atoms with Gasteiger partial charge in [0, 0.05) is 30.4 Å². The van der Waals surface area contributed by atoms with Crippen LogP contribution in [0.15, 0.2) is 58.2 Å². The van der Waals surface area contributed by atoms with Gasteiger partial charge in [-0.05, 0) is 18.9 Å². The Kier molecular flexibility index (Phi) is 3.91. The Hall–Kier alpha value is -2.86. The molecule has 0 saturated carbocycles. The first-order valence-electron chi connectivity index (χ1n) is 9.71. The van der Waals surface area contributed by atoms with Crippen LogP contribution in [-0.2, 0) is 17.2 Å². The van der Waals surface area contributed by atoms with E-state index < -0.39 is 0 Å². The van der Waals surface area contributed by atoms with Gasteiger partial charge in [0.2, 0.25) is 0 Å². The van der Waals surface area contributed by atoms with E-state index in [1.807, 2.05) is 23.1 Å². The Morgan fingerprint density at radius 1 is 1.29 bits per heavy atom. The molecule has 1 aliphatic carbocycles. The zero-order valence-electron chi connectivity index (χ0n) is 16.1. The minimum Gasteiger partial charge on any atom is -0.455 e. The third kappa shape index (κ3) is 2.52. The number of ether oxygens (including phenoxy) is 1. The number of furan rings is 1. The van der Waals surface area contributed by atoms with Crippen LogP contribution < -0.4 is 5.56 Å². The van der Waals surface area contributed by atoms with Crippen molar-refractivity contribution in [3.8, 4) is 11.3 Å². The van der Waals surface area contributed by atoms with Crippen molar-refractivity contribution >= 4 is 11.0 Å². The summed E-state index contributed by atoms with van der Waals surface area (Å²) < 4.78 is 15.1. The summed E-state index contributed by atoms with van der Waals surface area (Å²) in [5, 5.41) is 5.06. The van der Waals surface area contributed by atoms with Crippen molar-refractivity contribution in [3.05, 3.63) is 64.9 Å². The molecule has 0 amide bonds. The second-order valence-corrected chi connectivity index (χ2v) is 7.71. The number of fused-ring (bicyclic) bond motifs is 1. The van der Waals surface area contributed by atoms with Gasteiger partial charge in [-0.15, -0.1) is 0 Å². The Labute approximate surface area is 162 Å². The van der Waals surface area contributed by atoms with E-state index in [0.717, 1.165) is 24.0 Å². The quantitative estimate of drug-likeness (QED) is 0.695. The van der Waals surface area contributed by atoms with E-state index in [4.69, 9.17) is 9.15 Å². The molecule has 6 nitrogen and oxygen atoms in total. The van der Waals surface area contributed by atoms with Crippen LogP contribution in [0.5, 0.6) is 0 Å². The zero-order valence-corrected chi connectivity index (χ0v) is 16.1. The van der Waals surface area contributed by atoms with E-state index >= 15 is 0 Å². The van der Waals surface area contributed by atoms with Crippen molar-refractivity contribution < 1.29 is 9.15 Å². The highest BCUT2D eigenvalue weighted by atomic mass is 16.5. The lowest BCUT2D eigenvalue weighted by Gasteiger charge is -2.30. The van der Waals surface area contributed by atoms with Gasteiger partial charge in [0.05, 0.1) is 36.4 Å². The minimum atomic E-state index is -0.166. The smallest absolute Gasteiger partial charge is 0.261 e. The molecule has 28 heavy (non-hydrogen) atoms. The lowest BCUT2D eigenvalue weighted by atomic mass is 9.73. The van der Waals surface area contributed by atoms with Crippen molar-refractivity contribution in [2.45, 2.75) is 31.2 Å². The summed E-state index contributed by atoms with van der Waals surface area (Å²) >= 11 is 0. The summed E-state index contributed by atoms with van der Waals surface area (Å²) in [5.74, 6) is 0.674. The number of nitrogens with zero attached hydrogens (tertiary/aromatic N) is 3. The maximum atomic E-state index is 12.8. The maximum Gasteiger partial charge on any atom is 0.261 e. The first-order valence-corrected chi connectivity index (χ1v) is 9.71. The molecule has 5 rings (SSSR count). The molecule has 0 spiro atoms. The van der Waals surface area contributed by atoms with Crippen LogP contribution >= 0.6 is 0 Å². The molecule has 0 bridgehead atoms. The van der Waals surface area contributed by atoms with Crippen LogP contribution in [0.3, 0.4) is 0 Å². The number of pyridine rings is 1. The third-order valence-electron chi connectivity index (χ3n) is 6.04. The molecule has 3 aromatic heterocycles. The number of hydrogen-bond acceptors (Lipinski definition) is 4. The van der Waals surface area contributed by atoms with Crippen LogP contribution in [0.2, 0.25) is 0 Å². The first kappa shape index (κ1) is 17.3. The largest absolute Gasteiger partial charge is 0.455 e. The zero-order chi connectivity index (χ0) is 19.3. The molecular formula is C22H23N3O3. The van der Waals surface area contributed by atoms with Gasteiger partial charge >= 0.3 is 0 Å². The number of aromatic nitrogens is 3. The number of hydrogen-bond donors (Lipinski definition) is 0. The molecule has 1 unspecified atom stereocenters. The summed E-state index contributed by atoms with van der Waals surface area (Å²) in [6.45, 7) is 3.55. The fourth-order valence-corrected chi connectivity index (χ4v) is 4.11. The van der Waals surface area contributed by atoms with Crippen LogP contribution in [0.1, 0.15) is 31.4 Å². The predicted octanol–water partition coefficient (Wildman–Crippen LogP) is 3.73. The Bertz CT molecular complexity index is 1160.